The Bertz CT molecular complexity index is 464. The van der Waals surface area contributed by atoms with Crippen molar-refractivity contribution >= 4 is 26.8 Å². The first-order chi connectivity index (χ1) is 6.76. The number of aromatic nitrogens is 1. The molecule has 14 heavy (non-hydrogen) atoms. The maximum atomic E-state index is 9.05. The number of nitrogens with one attached hydrogen (secondary N) is 1. The number of aliphatic hydroxyl groups excluding tert-OH is 1. The average Bonchev–Trinajstić information content (AvgIpc) is 2.55. The summed E-state index contributed by atoms with van der Waals surface area (Å²) in [6.45, 7) is -0.00240. The van der Waals surface area contributed by atoms with E-state index in [1.807, 2.05) is 18.2 Å². The molecule has 0 saturated carbocycles. The van der Waals surface area contributed by atoms with Gasteiger partial charge in [0.25, 0.3) is 0 Å². The van der Waals surface area contributed by atoms with E-state index in [9.17, 15) is 0 Å². The molecule has 3 nitrogen and oxygen atoms in total. The number of methoxy groups -OCH3 is 1. The molecule has 74 valence electrons. The van der Waals surface area contributed by atoms with Gasteiger partial charge in [-0.25, -0.2) is 0 Å². The fourth-order valence-corrected chi connectivity index (χ4v) is 1.98. The molecule has 1 aromatic carbocycles. The van der Waals surface area contributed by atoms with E-state index in [2.05, 4.69) is 20.9 Å². The van der Waals surface area contributed by atoms with Crippen LogP contribution in [0.5, 0.6) is 5.75 Å². The van der Waals surface area contributed by atoms with Crippen LogP contribution in [0.1, 0.15) is 5.69 Å². The van der Waals surface area contributed by atoms with E-state index < -0.39 is 0 Å². The van der Waals surface area contributed by atoms with E-state index >= 15 is 0 Å². The summed E-state index contributed by atoms with van der Waals surface area (Å²) < 4.78 is 6.02. The Kier molecular flexibility index (Phi) is 2.48. The number of halogens is 1. The molecule has 0 atom stereocenters. The molecule has 2 N–H and O–H groups in total. The highest BCUT2D eigenvalue weighted by Gasteiger charge is 2.08. The van der Waals surface area contributed by atoms with Crippen LogP contribution in [0.2, 0.25) is 0 Å². The molecule has 0 radical (unpaired) electrons. The van der Waals surface area contributed by atoms with Crippen LogP contribution in [0.15, 0.2) is 22.7 Å². The Morgan fingerprint density at radius 1 is 1.50 bits per heavy atom. The molecule has 1 aromatic heterocycles. The van der Waals surface area contributed by atoms with E-state index in [0.717, 1.165) is 26.8 Å². The Morgan fingerprint density at radius 2 is 2.29 bits per heavy atom. The zero-order valence-corrected chi connectivity index (χ0v) is 9.26. The predicted octanol–water partition coefficient (Wildman–Crippen LogP) is 2.43. The molecule has 0 amide bonds. The number of hydrogen-bond donors (Lipinski definition) is 2. The van der Waals surface area contributed by atoms with Crippen molar-refractivity contribution in [2.75, 3.05) is 7.11 Å². The van der Waals surface area contributed by atoms with Gasteiger partial charge in [-0.3, -0.25) is 0 Å². The van der Waals surface area contributed by atoms with Crippen molar-refractivity contribution in [1.29, 1.82) is 0 Å². The standard InChI is InChI=1S/C10H10BrNO2/c1-14-6-2-3-8-7(4-6)10(11)9(5-13)12-8/h2-4,12-13H,5H2,1H3. The minimum absolute atomic E-state index is 0.00240. The molecular weight excluding hydrogens is 246 g/mol. The van der Waals surface area contributed by atoms with Crippen molar-refractivity contribution in [1.82, 2.24) is 4.98 Å². The smallest absolute Gasteiger partial charge is 0.119 e. The molecule has 0 fully saturated rings. The highest BCUT2D eigenvalue weighted by atomic mass is 79.9. The summed E-state index contributed by atoms with van der Waals surface area (Å²) in [5, 5.41) is 10.1. The molecule has 0 saturated heterocycles. The number of aromatic amines is 1. The zero-order valence-electron chi connectivity index (χ0n) is 7.67. The van der Waals surface area contributed by atoms with Gasteiger partial charge in [0.1, 0.15) is 5.75 Å². The molecule has 2 aromatic rings. The van der Waals surface area contributed by atoms with Crippen molar-refractivity contribution in [2.45, 2.75) is 6.61 Å². The second kappa shape index (κ2) is 3.63. The second-order valence-electron chi connectivity index (χ2n) is 2.99. The lowest BCUT2D eigenvalue weighted by Gasteiger charge is -1.98. The topological polar surface area (TPSA) is 45.2 Å². The van der Waals surface area contributed by atoms with Crippen LogP contribution in [0.3, 0.4) is 0 Å². The van der Waals surface area contributed by atoms with E-state index in [-0.39, 0.29) is 6.61 Å². The van der Waals surface area contributed by atoms with Crippen molar-refractivity contribution in [3.8, 4) is 5.75 Å². The number of aliphatic hydroxyl groups is 1. The lowest BCUT2D eigenvalue weighted by Crippen LogP contribution is -1.81. The highest BCUT2D eigenvalue weighted by molar-refractivity contribution is 9.10. The Morgan fingerprint density at radius 3 is 2.93 bits per heavy atom. The fraction of sp³-hybridized carbons (Fsp3) is 0.200. The minimum Gasteiger partial charge on any atom is -0.497 e. The number of fused-ring (bicyclic) bond motifs is 1. The molecule has 0 aliphatic carbocycles. The maximum Gasteiger partial charge on any atom is 0.119 e. The van der Waals surface area contributed by atoms with Gasteiger partial charge in [-0.1, -0.05) is 0 Å². The summed E-state index contributed by atoms with van der Waals surface area (Å²) in [4.78, 5) is 3.11. The van der Waals surface area contributed by atoms with Crippen LogP contribution >= 0.6 is 15.9 Å². The van der Waals surface area contributed by atoms with E-state index in [0.29, 0.717) is 0 Å². The molecular formula is C10H10BrNO2. The fourth-order valence-electron chi connectivity index (χ4n) is 1.43. The van der Waals surface area contributed by atoms with Gasteiger partial charge in [-0.15, -0.1) is 0 Å². The Hall–Kier alpha value is -1.00. The minimum atomic E-state index is -0.00240. The van der Waals surface area contributed by atoms with E-state index in [4.69, 9.17) is 9.84 Å². The first-order valence-electron chi connectivity index (χ1n) is 4.21. The van der Waals surface area contributed by atoms with Crippen LogP contribution in [-0.2, 0) is 6.61 Å². The summed E-state index contributed by atoms with van der Waals surface area (Å²) in [6.07, 6.45) is 0. The second-order valence-corrected chi connectivity index (χ2v) is 3.78. The van der Waals surface area contributed by atoms with Gasteiger partial charge in [0.2, 0.25) is 0 Å². The van der Waals surface area contributed by atoms with E-state index in [1.165, 1.54) is 0 Å². The Balaban J connectivity index is 2.68. The van der Waals surface area contributed by atoms with Gasteiger partial charge in [-0.2, -0.15) is 0 Å². The van der Waals surface area contributed by atoms with Crippen molar-refractivity contribution in [2.24, 2.45) is 0 Å². The molecule has 2 rings (SSSR count). The van der Waals surface area contributed by atoms with Gasteiger partial charge < -0.3 is 14.8 Å². The number of H-pyrrole nitrogens is 1. The number of rotatable bonds is 2. The molecule has 0 bridgehead atoms. The largest absolute Gasteiger partial charge is 0.497 e. The summed E-state index contributed by atoms with van der Waals surface area (Å²) in [5.41, 5.74) is 1.77. The maximum absolute atomic E-state index is 9.05. The summed E-state index contributed by atoms with van der Waals surface area (Å²) in [5.74, 6) is 0.807. The van der Waals surface area contributed by atoms with Crippen molar-refractivity contribution in [3.05, 3.63) is 28.4 Å². The molecule has 0 aliphatic rings. The molecule has 4 heteroatoms. The van der Waals surface area contributed by atoms with Gasteiger partial charge in [0.15, 0.2) is 0 Å². The van der Waals surface area contributed by atoms with Crippen molar-refractivity contribution < 1.29 is 9.84 Å². The van der Waals surface area contributed by atoms with Crippen molar-refractivity contribution in [3.63, 3.8) is 0 Å². The third-order valence-corrected chi connectivity index (χ3v) is 3.08. The third-order valence-electron chi connectivity index (χ3n) is 2.17. The first kappa shape index (κ1) is 9.55. The lowest BCUT2D eigenvalue weighted by molar-refractivity contribution is 0.277. The number of hydrogen-bond acceptors (Lipinski definition) is 2. The molecule has 0 aliphatic heterocycles. The van der Waals surface area contributed by atoms with Crippen LogP contribution in [0.4, 0.5) is 0 Å². The quantitative estimate of drug-likeness (QED) is 0.866. The third kappa shape index (κ3) is 1.40. The van der Waals surface area contributed by atoms with Gasteiger partial charge in [0, 0.05) is 15.4 Å². The van der Waals surface area contributed by atoms with Gasteiger partial charge >= 0.3 is 0 Å². The van der Waals surface area contributed by atoms with Gasteiger partial charge in [0.05, 0.1) is 19.4 Å². The van der Waals surface area contributed by atoms with E-state index in [1.54, 1.807) is 7.11 Å². The number of benzene rings is 1. The molecule has 0 spiro atoms. The van der Waals surface area contributed by atoms with Crippen LogP contribution in [0, 0.1) is 0 Å². The summed E-state index contributed by atoms with van der Waals surface area (Å²) in [6, 6.07) is 5.74. The first-order valence-corrected chi connectivity index (χ1v) is 5.00. The SMILES string of the molecule is COc1ccc2[nH]c(CO)c(Br)c2c1. The van der Waals surface area contributed by atoms with Crippen LogP contribution in [-0.4, -0.2) is 17.2 Å². The Labute approximate surface area is 89.8 Å². The summed E-state index contributed by atoms with van der Waals surface area (Å²) in [7, 11) is 1.63. The summed E-state index contributed by atoms with van der Waals surface area (Å²) >= 11 is 3.43. The molecule has 1 heterocycles. The van der Waals surface area contributed by atoms with Gasteiger partial charge in [-0.05, 0) is 34.1 Å². The zero-order chi connectivity index (χ0) is 10.1. The number of ether oxygens (including phenoxy) is 1. The van der Waals surface area contributed by atoms with Crippen LogP contribution < -0.4 is 4.74 Å². The molecule has 0 unspecified atom stereocenters. The lowest BCUT2D eigenvalue weighted by atomic mass is 10.2. The highest BCUT2D eigenvalue weighted by Crippen LogP contribution is 2.30. The van der Waals surface area contributed by atoms with Crippen LogP contribution in [0.25, 0.3) is 10.9 Å². The predicted molar refractivity (Wildman–Crippen MR) is 58.5 cm³/mol. The monoisotopic (exact) mass is 255 g/mol. The average molecular weight is 256 g/mol. The normalized spacial score (nSPS) is 10.8.